The predicted octanol–water partition coefficient (Wildman–Crippen LogP) is 1.77. The Hall–Kier alpha value is 0.180. The highest BCUT2D eigenvalue weighted by molar-refractivity contribution is 7.98. The lowest BCUT2D eigenvalue weighted by molar-refractivity contribution is 0.226. The summed E-state index contributed by atoms with van der Waals surface area (Å²) in [4.78, 5) is 0. The lowest BCUT2D eigenvalue weighted by Crippen LogP contribution is -2.54. The Morgan fingerprint density at radius 3 is 2.76 bits per heavy atom. The van der Waals surface area contributed by atoms with Gasteiger partial charge >= 0.3 is 0 Å². The highest BCUT2D eigenvalue weighted by Gasteiger charge is 2.36. The molecule has 2 unspecified atom stereocenters. The van der Waals surface area contributed by atoms with E-state index in [1.54, 1.807) is 27.4 Å². The van der Waals surface area contributed by atoms with Crippen LogP contribution in [0.1, 0.15) is 39.5 Å². The Morgan fingerprint density at radius 2 is 2.14 bits per heavy atom. The fraction of sp³-hybridized carbons (Fsp3) is 1.00. The van der Waals surface area contributed by atoms with Crippen LogP contribution in [-0.2, 0) is 10.2 Å². The Morgan fingerprint density at radius 1 is 1.43 bits per heavy atom. The number of hydrogen-bond donors (Lipinski definition) is 1. The third kappa shape index (κ3) is 5.39. The molecule has 0 bridgehead atoms. The number of hydrogen-bond acceptors (Lipinski definition) is 4. The van der Waals surface area contributed by atoms with E-state index < -0.39 is 10.2 Å². The van der Waals surface area contributed by atoms with Crippen molar-refractivity contribution in [1.82, 2.24) is 13.9 Å². The zero-order valence-electron chi connectivity index (χ0n) is 13.8. The summed E-state index contributed by atoms with van der Waals surface area (Å²) in [6, 6.07) is 0.121. The maximum Gasteiger partial charge on any atom is 0.282 e. The fourth-order valence-electron chi connectivity index (χ4n) is 2.67. The van der Waals surface area contributed by atoms with Crippen LogP contribution in [0.4, 0.5) is 0 Å². The third-order valence-electron chi connectivity index (χ3n) is 4.07. The van der Waals surface area contributed by atoms with E-state index in [1.807, 2.05) is 13.2 Å². The molecule has 0 aromatic heterocycles. The maximum absolute atomic E-state index is 12.9. The van der Waals surface area contributed by atoms with Gasteiger partial charge in [0.1, 0.15) is 0 Å². The average molecular weight is 338 g/mol. The first-order valence-electron chi connectivity index (χ1n) is 7.89. The van der Waals surface area contributed by atoms with E-state index in [1.165, 1.54) is 0 Å². The van der Waals surface area contributed by atoms with E-state index in [4.69, 9.17) is 0 Å². The molecule has 0 aromatic rings. The van der Waals surface area contributed by atoms with Crippen LogP contribution >= 0.6 is 11.8 Å². The minimum absolute atomic E-state index is 0.0242. The quantitative estimate of drug-likeness (QED) is 0.652. The van der Waals surface area contributed by atoms with Gasteiger partial charge in [0.2, 0.25) is 0 Å². The molecule has 1 N–H and O–H groups in total. The van der Waals surface area contributed by atoms with Crippen molar-refractivity contribution in [3.63, 3.8) is 0 Å². The van der Waals surface area contributed by atoms with Crippen molar-refractivity contribution in [3.05, 3.63) is 0 Å². The van der Waals surface area contributed by atoms with Gasteiger partial charge in [0.05, 0.1) is 0 Å². The van der Waals surface area contributed by atoms with Crippen LogP contribution in [0.25, 0.3) is 0 Å². The van der Waals surface area contributed by atoms with E-state index in [0.717, 1.165) is 44.5 Å². The standard InChI is InChI=1S/C14H31N3O2S2/c1-5-9-15-11-14-8-6-7-10-17(14)21(18,19)16(3)13(2)12-20-4/h13-15H,5-12H2,1-4H3. The SMILES string of the molecule is CCCNCC1CCCCN1S(=O)(=O)N(C)C(C)CSC. The molecule has 1 saturated heterocycles. The zero-order chi connectivity index (χ0) is 15.9. The van der Waals surface area contributed by atoms with Gasteiger partial charge < -0.3 is 5.32 Å². The predicted molar refractivity (Wildman–Crippen MR) is 92.0 cm³/mol. The molecule has 0 saturated carbocycles. The molecule has 21 heavy (non-hydrogen) atoms. The number of rotatable bonds is 9. The Labute approximate surface area is 135 Å². The average Bonchev–Trinajstić information content (AvgIpc) is 2.47. The Balaban J connectivity index is 2.76. The van der Waals surface area contributed by atoms with Gasteiger partial charge in [-0.05, 0) is 39.0 Å². The molecule has 2 atom stereocenters. The second-order valence-electron chi connectivity index (χ2n) is 5.79. The van der Waals surface area contributed by atoms with Crippen LogP contribution in [0.3, 0.4) is 0 Å². The van der Waals surface area contributed by atoms with Crippen LogP contribution in [-0.4, -0.2) is 67.8 Å². The van der Waals surface area contributed by atoms with Crippen molar-refractivity contribution in [3.8, 4) is 0 Å². The molecule has 1 aliphatic heterocycles. The molecule has 0 aromatic carbocycles. The highest BCUT2D eigenvalue weighted by Crippen LogP contribution is 2.23. The highest BCUT2D eigenvalue weighted by atomic mass is 32.2. The van der Waals surface area contributed by atoms with Gasteiger partial charge in [0.25, 0.3) is 10.2 Å². The second kappa shape index (κ2) is 9.35. The van der Waals surface area contributed by atoms with Crippen LogP contribution in [0.5, 0.6) is 0 Å². The summed E-state index contributed by atoms with van der Waals surface area (Å²) < 4.78 is 29.0. The molecular weight excluding hydrogens is 306 g/mol. The first-order chi connectivity index (χ1) is 9.95. The van der Waals surface area contributed by atoms with Gasteiger partial charge in [0, 0.05) is 38.0 Å². The maximum atomic E-state index is 12.9. The van der Waals surface area contributed by atoms with Crippen molar-refractivity contribution in [2.75, 3.05) is 38.7 Å². The van der Waals surface area contributed by atoms with Crippen molar-refractivity contribution < 1.29 is 8.42 Å². The van der Waals surface area contributed by atoms with Gasteiger partial charge in [-0.25, -0.2) is 0 Å². The number of nitrogens with zero attached hydrogens (tertiary/aromatic N) is 2. The molecule has 0 radical (unpaired) electrons. The fourth-order valence-corrected chi connectivity index (χ4v) is 5.24. The summed E-state index contributed by atoms with van der Waals surface area (Å²) in [6.07, 6.45) is 6.13. The first-order valence-corrected chi connectivity index (χ1v) is 10.7. The molecule has 5 nitrogen and oxygen atoms in total. The van der Waals surface area contributed by atoms with Crippen LogP contribution in [0.2, 0.25) is 0 Å². The monoisotopic (exact) mass is 337 g/mol. The molecule has 1 fully saturated rings. The van der Waals surface area contributed by atoms with Crippen LogP contribution < -0.4 is 5.32 Å². The topological polar surface area (TPSA) is 52.7 Å². The van der Waals surface area contributed by atoms with Crippen molar-refractivity contribution >= 4 is 22.0 Å². The largest absolute Gasteiger partial charge is 0.315 e. The molecule has 1 aliphatic rings. The number of thioether (sulfide) groups is 1. The van der Waals surface area contributed by atoms with Crippen molar-refractivity contribution in [2.24, 2.45) is 0 Å². The lowest BCUT2D eigenvalue weighted by atomic mass is 10.1. The van der Waals surface area contributed by atoms with E-state index in [0.29, 0.717) is 6.54 Å². The van der Waals surface area contributed by atoms with Crippen LogP contribution in [0, 0.1) is 0 Å². The molecule has 0 aliphatic carbocycles. The normalized spacial score (nSPS) is 22.6. The molecule has 126 valence electrons. The van der Waals surface area contributed by atoms with Gasteiger partial charge in [-0.2, -0.15) is 28.8 Å². The zero-order valence-corrected chi connectivity index (χ0v) is 15.5. The van der Waals surface area contributed by atoms with Crippen molar-refractivity contribution in [2.45, 2.75) is 51.6 Å². The molecule has 1 heterocycles. The second-order valence-corrected chi connectivity index (χ2v) is 8.64. The smallest absolute Gasteiger partial charge is 0.282 e. The molecule has 0 amide bonds. The van der Waals surface area contributed by atoms with E-state index >= 15 is 0 Å². The van der Waals surface area contributed by atoms with E-state index in [-0.39, 0.29) is 12.1 Å². The molecule has 1 rings (SSSR count). The summed E-state index contributed by atoms with van der Waals surface area (Å²) in [5, 5.41) is 3.37. The van der Waals surface area contributed by atoms with E-state index in [9.17, 15) is 8.42 Å². The van der Waals surface area contributed by atoms with Gasteiger partial charge in [-0.1, -0.05) is 13.3 Å². The van der Waals surface area contributed by atoms with E-state index in [2.05, 4.69) is 12.2 Å². The van der Waals surface area contributed by atoms with Gasteiger partial charge in [-0.15, -0.1) is 0 Å². The van der Waals surface area contributed by atoms with Crippen LogP contribution in [0.15, 0.2) is 0 Å². The number of piperidine rings is 1. The lowest BCUT2D eigenvalue weighted by Gasteiger charge is -2.38. The molecular formula is C14H31N3O2S2. The summed E-state index contributed by atoms with van der Waals surface area (Å²) >= 11 is 1.68. The summed E-state index contributed by atoms with van der Waals surface area (Å²) in [7, 11) is -1.65. The molecule has 0 spiro atoms. The summed E-state index contributed by atoms with van der Waals surface area (Å²) in [5.41, 5.74) is 0. The third-order valence-corrected chi connectivity index (χ3v) is 7.05. The minimum Gasteiger partial charge on any atom is -0.315 e. The minimum atomic E-state index is -3.36. The Bertz CT molecular complexity index is 390. The van der Waals surface area contributed by atoms with Gasteiger partial charge in [-0.3, -0.25) is 0 Å². The summed E-state index contributed by atoms with van der Waals surface area (Å²) in [5.74, 6) is 0.822. The summed E-state index contributed by atoms with van der Waals surface area (Å²) in [6.45, 7) is 6.46. The van der Waals surface area contributed by atoms with Crippen molar-refractivity contribution in [1.29, 1.82) is 0 Å². The first kappa shape index (κ1) is 19.2. The number of nitrogens with one attached hydrogen (secondary N) is 1. The Kier molecular flexibility index (Phi) is 8.56. The van der Waals surface area contributed by atoms with Gasteiger partial charge in [0.15, 0.2) is 0 Å². The molecule has 7 heteroatoms.